The minimum absolute atomic E-state index is 0.208. The SMILES string of the molecule is C=C[C@H]1CO[C@H](c2ccccc2)[C@@H]1[N+](=O)[O-]. The predicted octanol–water partition coefficient (Wildman–Crippen LogP) is 2.21. The molecule has 84 valence electrons. The van der Waals surface area contributed by atoms with Crippen molar-refractivity contribution < 1.29 is 9.66 Å². The number of hydrogen-bond acceptors (Lipinski definition) is 3. The first kappa shape index (κ1) is 10.8. The van der Waals surface area contributed by atoms with Crippen molar-refractivity contribution >= 4 is 0 Å². The molecule has 2 rings (SSSR count). The zero-order chi connectivity index (χ0) is 11.5. The van der Waals surface area contributed by atoms with Crippen LogP contribution in [0.2, 0.25) is 0 Å². The van der Waals surface area contributed by atoms with Gasteiger partial charge in [0.1, 0.15) is 0 Å². The molecule has 0 bridgehead atoms. The van der Waals surface area contributed by atoms with Gasteiger partial charge in [0.15, 0.2) is 6.10 Å². The van der Waals surface area contributed by atoms with E-state index in [2.05, 4.69) is 6.58 Å². The normalized spacial score (nSPS) is 28.9. The van der Waals surface area contributed by atoms with Gasteiger partial charge in [-0.25, -0.2) is 0 Å². The van der Waals surface area contributed by atoms with Crippen LogP contribution in [-0.2, 0) is 4.74 Å². The quantitative estimate of drug-likeness (QED) is 0.445. The molecular weight excluding hydrogens is 206 g/mol. The second-order valence-electron chi connectivity index (χ2n) is 3.84. The molecule has 1 aliphatic heterocycles. The van der Waals surface area contributed by atoms with E-state index in [4.69, 9.17) is 4.74 Å². The maximum absolute atomic E-state index is 11.0. The third kappa shape index (κ3) is 1.84. The highest BCUT2D eigenvalue weighted by atomic mass is 16.6. The molecule has 1 saturated heterocycles. The van der Waals surface area contributed by atoms with Crippen LogP contribution in [0.15, 0.2) is 43.0 Å². The molecule has 0 amide bonds. The fourth-order valence-corrected chi connectivity index (χ4v) is 2.05. The molecule has 16 heavy (non-hydrogen) atoms. The van der Waals surface area contributed by atoms with E-state index in [0.29, 0.717) is 6.61 Å². The van der Waals surface area contributed by atoms with E-state index in [1.165, 1.54) is 0 Å². The summed E-state index contributed by atoms with van der Waals surface area (Å²) in [5, 5.41) is 11.0. The molecule has 1 aromatic carbocycles. The number of nitrogens with zero attached hydrogens (tertiary/aromatic N) is 1. The number of ether oxygens (including phenoxy) is 1. The molecule has 0 aromatic heterocycles. The van der Waals surface area contributed by atoms with Gasteiger partial charge in [0.25, 0.3) is 6.04 Å². The zero-order valence-corrected chi connectivity index (χ0v) is 8.78. The van der Waals surface area contributed by atoms with E-state index in [-0.39, 0.29) is 10.8 Å². The molecule has 1 heterocycles. The van der Waals surface area contributed by atoms with Crippen molar-refractivity contribution in [1.82, 2.24) is 0 Å². The molecular formula is C12H13NO3. The van der Waals surface area contributed by atoms with Crippen molar-refractivity contribution in [2.75, 3.05) is 6.61 Å². The Morgan fingerprint density at radius 1 is 1.44 bits per heavy atom. The lowest BCUT2D eigenvalue weighted by Gasteiger charge is -2.14. The van der Waals surface area contributed by atoms with Crippen molar-refractivity contribution in [2.24, 2.45) is 5.92 Å². The highest BCUT2D eigenvalue weighted by Gasteiger charge is 2.45. The molecule has 1 fully saturated rings. The van der Waals surface area contributed by atoms with Crippen LogP contribution in [0.4, 0.5) is 0 Å². The summed E-state index contributed by atoms with van der Waals surface area (Å²) < 4.78 is 5.50. The van der Waals surface area contributed by atoms with Gasteiger partial charge in [-0.1, -0.05) is 36.4 Å². The summed E-state index contributed by atoms with van der Waals surface area (Å²) in [6, 6.07) is 8.58. The van der Waals surface area contributed by atoms with Crippen LogP contribution in [0.5, 0.6) is 0 Å². The maximum Gasteiger partial charge on any atom is 0.251 e. The monoisotopic (exact) mass is 219 g/mol. The summed E-state index contributed by atoms with van der Waals surface area (Å²) in [5.41, 5.74) is 0.855. The fraction of sp³-hybridized carbons (Fsp3) is 0.333. The van der Waals surface area contributed by atoms with E-state index < -0.39 is 12.1 Å². The molecule has 4 nitrogen and oxygen atoms in total. The zero-order valence-electron chi connectivity index (χ0n) is 8.78. The van der Waals surface area contributed by atoms with Gasteiger partial charge in [-0.05, 0) is 5.56 Å². The van der Waals surface area contributed by atoms with E-state index in [9.17, 15) is 10.1 Å². The Balaban J connectivity index is 2.28. The van der Waals surface area contributed by atoms with Gasteiger partial charge in [-0.15, -0.1) is 6.58 Å². The van der Waals surface area contributed by atoms with E-state index >= 15 is 0 Å². The molecule has 3 atom stereocenters. The van der Waals surface area contributed by atoms with Gasteiger partial charge >= 0.3 is 0 Å². The Kier molecular flexibility index (Phi) is 3.01. The Bertz CT molecular complexity index is 391. The molecule has 0 saturated carbocycles. The molecule has 0 unspecified atom stereocenters. The molecule has 0 spiro atoms. The highest BCUT2D eigenvalue weighted by molar-refractivity contribution is 5.20. The molecule has 4 heteroatoms. The first-order valence-corrected chi connectivity index (χ1v) is 5.16. The molecule has 0 radical (unpaired) electrons. The highest BCUT2D eigenvalue weighted by Crippen LogP contribution is 2.35. The van der Waals surface area contributed by atoms with E-state index in [1.54, 1.807) is 6.08 Å². The van der Waals surface area contributed by atoms with Crippen LogP contribution < -0.4 is 0 Å². The Labute approximate surface area is 93.7 Å². The topological polar surface area (TPSA) is 52.4 Å². The fourth-order valence-electron chi connectivity index (χ4n) is 2.05. The van der Waals surface area contributed by atoms with Crippen LogP contribution in [0.25, 0.3) is 0 Å². The van der Waals surface area contributed by atoms with Crippen LogP contribution >= 0.6 is 0 Å². The van der Waals surface area contributed by atoms with Gasteiger partial charge < -0.3 is 4.74 Å². The minimum Gasteiger partial charge on any atom is -0.365 e. The second-order valence-corrected chi connectivity index (χ2v) is 3.84. The van der Waals surface area contributed by atoms with Crippen molar-refractivity contribution in [3.8, 4) is 0 Å². The lowest BCUT2D eigenvalue weighted by atomic mass is 9.95. The van der Waals surface area contributed by atoms with Crippen LogP contribution in [0.1, 0.15) is 11.7 Å². The third-order valence-corrected chi connectivity index (χ3v) is 2.89. The predicted molar refractivity (Wildman–Crippen MR) is 59.6 cm³/mol. The summed E-state index contributed by atoms with van der Waals surface area (Å²) >= 11 is 0. The first-order chi connectivity index (χ1) is 7.74. The van der Waals surface area contributed by atoms with Gasteiger partial charge in [0.2, 0.25) is 0 Å². The van der Waals surface area contributed by atoms with Crippen molar-refractivity contribution in [2.45, 2.75) is 12.1 Å². The number of hydrogen-bond donors (Lipinski definition) is 0. The van der Waals surface area contributed by atoms with E-state index in [1.807, 2.05) is 30.3 Å². The Morgan fingerprint density at radius 3 is 2.69 bits per heavy atom. The summed E-state index contributed by atoms with van der Waals surface area (Å²) in [6.45, 7) is 3.99. The summed E-state index contributed by atoms with van der Waals surface area (Å²) in [4.78, 5) is 10.8. The molecule has 1 aliphatic rings. The summed E-state index contributed by atoms with van der Waals surface area (Å²) in [5.74, 6) is -0.208. The van der Waals surface area contributed by atoms with Crippen molar-refractivity contribution in [3.63, 3.8) is 0 Å². The molecule has 0 N–H and O–H groups in total. The van der Waals surface area contributed by atoms with Crippen LogP contribution in [0, 0.1) is 16.0 Å². The molecule has 0 aliphatic carbocycles. The Hall–Kier alpha value is -1.68. The average molecular weight is 219 g/mol. The average Bonchev–Trinajstić information content (AvgIpc) is 2.73. The third-order valence-electron chi connectivity index (χ3n) is 2.89. The van der Waals surface area contributed by atoms with Gasteiger partial charge in [0.05, 0.1) is 12.5 Å². The van der Waals surface area contributed by atoms with Gasteiger partial charge in [-0.3, -0.25) is 10.1 Å². The van der Waals surface area contributed by atoms with Crippen molar-refractivity contribution in [3.05, 3.63) is 58.7 Å². The van der Waals surface area contributed by atoms with Gasteiger partial charge in [0, 0.05) is 4.92 Å². The Morgan fingerprint density at radius 2 is 2.12 bits per heavy atom. The van der Waals surface area contributed by atoms with Crippen LogP contribution in [0.3, 0.4) is 0 Å². The maximum atomic E-state index is 11.0. The first-order valence-electron chi connectivity index (χ1n) is 5.16. The molecule has 1 aromatic rings. The minimum atomic E-state index is -0.722. The van der Waals surface area contributed by atoms with Crippen molar-refractivity contribution in [1.29, 1.82) is 0 Å². The number of benzene rings is 1. The second kappa shape index (κ2) is 4.45. The lowest BCUT2D eigenvalue weighted by Crippen LogP contribution is -2.29. The number of rotatable bonds is 3. The smallest absolute Gasteiger partial charge is 0.251 e. The van der Waals surface area contributed by atoms with Crippen LogP contribution in [-0.4, -0.2) is 17.6 Å². The van der Waals surface area contributed by atoms with E-state index in [0.717, 1.165) is 5.56 Å². The summed E-state index contributed by atoms with van der Waals surface area (Å²) in [7, 11) is 0. The largest absolute Gasteiger partial charge is 0.365 e. The van der Waals surface area contributed by atoms with Gasteiger partial charge in [-0.2, -0.15) is 0 Å². The standard InChI is InChI=1S/C12H13NO3/c1-2-9-8-16-12(11(9)13(14)15)10-6-4-3-5-7-10/h2-7,9,11-12H,1,8H2/t9-,11+,12+/m0/s1. The summed E-state index contributed by atoms with van der Waals surface area (Å²) in [6.07, 6.45) is 1.15. The lowest BCUT2D eigenvalue weighted by molar-refractivity contribution is -0.533. The number of nitro groups is 1.